The van der Waals surface area contributed by atoms with Crippen LogP contribution in [0.25, 0.3) is 0 Å². The summed E-state index contributed by atoms with van der Waals surface area (Å²) in [6, 6.07) is 0. The van der Waals surface area contributed by atoms with E-state index in [0.717, 1.165) is 49.9 Å². The number of rotatable bonds is 9. The standard InChI is InChI=1S/C29H48O4/c1-6-29(32,7-2)16-9-17-33-21(4)25-13-14-26-22(10-8-15-28(25,26)5)11-12-23-18-24(30)19-27(31)20(23)3/h11-12,21,24-27,30-32H,3,6-10,13-19H2,1-2,4-5H3/b22-11-,23-12-/t21-,24-,25-,26?,27+,28?/m1/s1. The van der Waals surface area contributed by atoms with Gasteiger partial charge in [-0.05, 0) is 99.5 Å². The first-order valence-corrected chi connectivity index (χ1v) is 13.4. The Morgan fingerprint density at radius 1 is 1.21 bits per heavy atom. The maximum atomic E-state index is 10.5. The average Bonchev–Trinajstić information content (AvgIpc) is 3.15. The van der Waals surface area contributed by atoms with E-state index in [1.54, 1.807) is 0 Å². The van der Waals surface area contributed by atoms with Gasteiger partial charge in [0.05, 0.1) is 23.9 Å². The molecule has 3 fully saturated rings. The molecule has 3 aliphatic rings. The van der Waals surface area contributed by atoms with E-state index < -0.39 is 17.8 Å². The van der Waals surface area contributed by atoms with Crippen LogP contribution in [0.3, 0.4) is 0 Å². The maximum absolute atomic E-state index is 10.5. The zero-order chi connectivity index (χ0) is 24.2. The van der Waals surface area contributed by atoms with Crippen molar-refractivity contribution in [2.24, 2.45) is 17.3 Å². The Balaban J connectivity index is 1.62. The fraction of sp³-hybridized carbons (Fsp3) is 0.793. The minimum absolute atomic E-state index is 0.234. The van der Waals surface area contributed by atoms with Crippen molar-refractivity contribution in [1.29, 1.82) is 0 Å². The van der Waals surface area contributed by atoms with Crippen LogP contribution in [0.2, 0.25) is 0 Å². The molecule has 0 radical (unpaired) electrons. The van der Waals surface area contributed by atoms with E-state index in [-0.39, 0.29) is 11.5 Å². The van der Waals surface area contributed by atoms with Crippen molar-refractivity contribution in [3.8, 4) is 0 Å². The maximum Gasteiger partial charge on any atom is 0.0811 e. The summed E-state index contributed by atoms with van der Waals surface area (Å²) in [5, 5.41) is 30.7. The Kier molecular flexibility index (Phi) is 9.05. The molecule has 6 atom stereocenters. The lowest BCUT2D eigenvalue weighted by molar-refractivity contribution is -0.0365. The molecule has 3 rings (SSSR count). The second-order valence-corrected chi connectivity index (χ2v) is 11.3. The van der Waals surface area contributed by atoms with Crippen molar-refractivity contribution >= 4 is 0 Å². The molecule has 0 aliphatic heterocycles. The third-order valence-electron chi connectivity index (χ3n) is 9.35. The van der Waals surface area contributed by atoms with E-state index in [0.29, 0.717) is 24.7 Å². The lowest BCUT2D eigenvalue weighted by Crippen LogP contribution is -2.39. The van der Waals surface area contributed by atoms with E-state index in [9.17, 15) is 15.3 Å². The van der Waals surface area contributed by atoms with Crippen LogP contribution in [0, 0.1) is 17.3 Å². The summed E-state index contributed by atoms with van der Waals surface area (Å²) in [6.45, 7) is 13.6. The lowest BCUT2D eigenvalue weighted by atomic mass is 9.62. The summed E-state index contributed by atoms with van der Waals surface area (Å²) < 4.78 is 6.34. The SMILES string of the molecule is C=C1/C(=C\C=C2\CCCC3(C)C2CC[C@@H]3[C@@H](C)OCCCC(O)(CC)CC)C[C@@H](O)C[C@@H]1O. The largest absolute Gasteiger partial charge is 0.393 e. The van der Waals surface area contributed by atoms with Crippen LogP contribution < -0.4 is 0 Å². The van der Waals surface area contributed by atoms with Crippen LogP contribution >= 0.6 is 0 Å². The van der Waals surface area contributed by atoms with Gasteiger partial charge in [0, 0.05) is 13.0 Å². The van der Waals surface area contributed by atoms with Gasteiger partial charge in [0.15, 0.2) is 0 Å². The Bertz CT molecular complexity index is 734. The minimum Gasteiger partial charge on any atom is -0.393 e. The van der Waals surface area contributed by atoms with E-state index >= 15 is 0 Å². The van der Waals surface area contributed by atoms with Gasteiger partial charge in [0.25, 0.3) is 0 Å². The molecule has 0 heterocycles. The highest BCUT2D eigenvalue weighted by atomic mass is 16.5. The van der Waals surface area contributed by atoms with Crippen LogP contribution in [0.1, 0.15) is 98.3 Å². The number of allylic oxidation sites excluding steroid dienone is 3. The zero-order valence-electron chi connectivity index (χ0n) is 21.5. The summed E-state index contributed by atoms with van der Waals surface area (Å²) in [6.07, 6.45) is 13.8. The number of hydrogen-bond acceptors (Lipinski definition) is 4. The van der Waals surface area contributed by atoms with Gasteiger partial charge in [-0.1, -0.05) is 45.1 Å². The van der Waals surface area contributed by atoms with Crippen LogP contribution in [0.4, 0.5) is 0 Å². The van der Waals surface area contributed by atoms with Crippen LogP contribution in [-0.4, -0.2) is 45.8 Å². The van der Waals surface area contributed by atoms with Gasteiger partial charge in [0.1, 0.15) is 0 Å². The van der Waals surface area contributed by atoms with E-state index in [4.69, 9.17) is 4.74 Å². The molecule has 0 aromatic rings. The molecule has 2 unspecified atom stereocenters. The molecule has 4 nitrogen and oxygen atoms in total. The molecule has 0 aromatic heterocycles. The monoisotopic (exact) mass is 460 g/mol. The number of aliphatic hydroxyl groups excluding tert-OH is 2. The molecule has 0 spiro atoms. The number of hydrogen-bond donors (Lipinski definition) is 3. The molecule has 0 amide bonds. The van der Waals surface area contributed by atoms with Gasteiger partial charge in [-0.3, -0.25) is 0 Å². The fourth-order valence-electron chi connectivity index (χ4n) is 6.91. The summed E-state index contributed by atoms with van der Waals surface area (Å²) in [7, 11) is 0. The van der Waals surface area contributed by atoms with Crippen molar-refractivity contribution in [2.75, 3.05) is 6.61 Å². The van der Waals surface area contributed by atoms with Gasteiger partial charge < -0.3 is 20.1 Å². The van der Waals surface area contributed by atoms with E-state index in [2.05, 4.69) is 46.4 Å². The molecule has 0 aromatic carbocycles. The highest BCUT2D eigenvalue weighted by molar-refractivity contribution is 5.38. The molecule has 4 heteroatoms. The molecular formula is C29H48O4. The molecule has 3 saturated carbocycles. The Hall–Kier alpha value is -0.940. The highest BCUT2D eigenvalue weighted by Gasteiger charge is 2.51. The topological polar surface area (TPSA) is 69.9 Å². The number of ether oxygens (including phenoxy) is 1. The van der Waals surface area contributed by atoms with Crippen molar-refractivity contribution in [3.05, 3.63) is 35.5 Å². The number of aliphatic hydroxyl groups is 3. The quantitative estimate of drug-likeness (QED) is 0.377. The Labute approximate surface area is 201 Å². The normalized spacial score (nSPS) is 36.4. The van der Waals surface area contributed by atoms with Crippen LogP contribution in [-0.2, 0) is 4.74 Å². The molecule has 3 aliphatic carbocycles. The molecule has 0 bridgehead atoms. The molecule has 3 N–H and O–H groups in total. The second kappa shape index (κ2) is 11.2. The predicted molar refractivity (Wildman–Crippen MR) is 135 cm³/mol. The Morgan fingerprint density at radius 3 is 2.64 bits per heavy atom. The zero-order valence-corrected chi connectivity index (χ0v) is 21.5. The lowest BCUT2D eigenvalue weighted by Gasteiger charge is -2.44. The van der Waals surface area contributed by atoms with E-state index in [1.165, 1.54) is 31.3 Å². The first-order valence-electron chi connectivity index (χ1n) is 13.4. The summed E-state index contributed by atoms with van der Waals surface area (Å²) in [4.78, 5) is 0. The summed E-state index contributed by atoms with van der Waals surface area (Å²) in [5.41, 5.74) is 3.00. The third kappa shape index (κ3) is 6.01. The average molecular weight is 461 g/mol. The first kappa shape index (κ1) is 26.7. The predicted octanol–water partition coefficient (Wildman–Crippen LogP) is 5.86. The third-order valence-corrected chi connectivity index (χ3v) is 9.35. The van der Waals surface area contributed by atoms with Gasteiger partial charge >= 0.3 is 0 Å². The van der Waals surface area contributed by atoms with Crippen LogP contribution in [0.15, 0.2) is 35.5 Å². The molecule has 33 heavy (non-hydrogen) atoms. The van der Waals surface area contributed by atoms with E-state index in [1.807, 2.05) is 0 Å². The van der Waals surface area contributed by atoms with Gasteiger partial charge in [0.2, 0.25) is 0 Å². The van der Waals surface area contributed by atoms with Crippen molar-refractivity contribution in [3.63, 3.8) is 0 Å². The van der Waals surface area contributed by atoms with Crippen molar-refractivity contribution in [2.45, 2.75) is 122 Å². The minimum atomic E-state index is -0.630. The molecule has 188 valence electrons. The smallest absolute Gasteiger partial charge is 0.0811 e. The summed E-state index contributed by atoms with van der Waals surface area (Å²) in [5.74, 6) is 1.14. The van der Waals surface area contributed by atoms with Gasteiger partial charge in [-0.15, -0.1) is 0 Å². The van der Waals surface area contributed by atoms with Gasteiger partial charge in [-0.25, -0.2) is 0 Å². The Morgan fingerprint density at radius 2 is 1.94 bits per heavy atom. The van der Waals surface area contributed by atoms with Gasteiger partial charge in [-0.2, -0.15) is 0 Å². The summed E-state index contributed by atoms with van der Waals surface area (Å²) >= 11 is 0. The van der Waals surface area contributed by atoms with Crippen molar-refractivity contribution in [1.82, 2.24) is 0 Å². The van der Waals surface area contributed by atoms with Crippen molar-refractivity contribution < 1.29 is 20.1 Å². The first-order chi connectivity index (χ1) is 15.6. The molecular weight excluding hydrogens is 412 g/mol. The number of fused-ring (bicyclic) bond motifs is 1. The second-order valence-electron chi connectivity index (χ2n) is 11.3. The van der Waals surface area contributed by atoms with Crippen LogP contribution in [0.5, 0.6) is 0 Å². The highest BCUT2D eigenvalue weighted by Crippen LogP contribution is 2.58. The molecule has 0 saturated heterocycles. The fourth-order valence-corrected chi connectivity index (χ4v) is 6.91.